The van der Waals surface area contributed by atoms with Crippen LogP contribution < -0.4 is 4.74 Å². The number of ether oxygens (including phenoxy) is 2. The fourth-order valence-electron chi connectivity index (χ4n) is 3.99. The van der Waals surface area contributed by atoms with Gasteiger partial charge in [0.15, 0.2) is 16.6 Å². The summed E-state index contributed by atoms with van der Waals surface area (Å²) in [6, 6.07) is 7.84. The Kier molecular flexibility index (Phi) is 13.8. The smallest absolute Gasteiger partial charge is 0.192 e. The maximum atomic E-state index is 13.7. The van der Waals surface area contributed by atoms with E-state index in [-0.39, 0.29) is 33.8 Å². The molecule has 0 aliphatic carbocycles. The second-order valence-corrected chi connectivity index (χ2v) is 24.2. The third-order valence-electron chi connectivity index (χ3n) is 9.29. The van der Waals surface area contributed by atoms with Gasteiger partial charge < -0.3 is 23.4 Å². The molecule has 0 amide bonds. The summed E-state index contributed by atoms with van der Waals surface area (Å²) in [6.45, 7) is 29.3. The number of methoxy groups -OCH3 is 1. The first-order chi connectivity index (χ1) is 18.1. The molecule has 0 unspecified atom stereocenters. The van der Waals surface area contributed by atoms with Crippen LogP contribution in [0.1, 0.15) is 74.3 Å². The van der Waals surface area contributed by atoms with E-state index in [4.69, 9.17) is 18.3 Å². The van der Waals surface area contributed by atoms with E-state index in [2.05, 4.69) is 67.7 Å². The second-order valence-electron chi connectivity index (χ2n) is 14.6. The lowest BCUT2D eigenvalue weighted by Gasteiger charge is -2.41. The summed E-state index contributed by atoms with van der Waals surface area (Å²) in [6.07, 6.45) is -0.445. The third-order valence-corrected chi connectivity index (χ3v) is 18.3. The molecule has 0 heterocycles. The molecule has 1 rings (SSSR count). The van der Waals surface area contributed by atoms with Crippen molar-refractivity contribution in [3.63, 3.8) is 0 Å². The zero-order valence-electron chi connectivity index (χ0n) is 28.0. The molecule has 8 heteroatoms. The number of carbonyl (C=O) groups is 1. The standard InChI is InChI=1S/C32H60O6Si2/c1-23(21-37-39(11,12)31(4,5)6)29(33)25(3)30(34)24(2)28(38-40(13,14)32(7,8)9)19-20-36-22-26-15-17-27(35-10)18-16-26/h15-18,23-25,28-29,33H,19-22H2,1-14H3/t23-,24+,25-,28+,29+/m0/s1. The van der Waals surface area contributed by atoms with E-state index >= 15 is 0 Å². The van der Waals surface area contributed by atoms with Gasteiger partial charge in [0.1, 0.15) is 11.5 Å². The van der Waals surface area contributed by atoms with Crippen LogP contribution in [0.4, 0.5) is 0 Å². The highest BCUT2D eigenvalue weighted by atomic mass is 28.4. The Hall–Kier alpha value is -1.04. The molecular weight excluding hydrogens is 537 g/mol. The summed E-state index contributed by atoms with van der Waals surface area (Å²) in [4.78, 5) is 13.7. The minimum Gasteiger partial charge on any atom is -0.497 e. The average Bonchev–Trinajstić information content (AvgIpc) is 2.86. The highest BCUT2D eigenvalue weighted by Crippen LogP contribution is 2.39. The van der Waals surface area contributed by atoms with E-state index in [1.807, 2.05) is 45.0 Å². The molecular formula is C32H60O6Si2. The van der Waals surface area contributed by atoms with Crippen LogP contribution in [0.2, 0.25) is 36.3 Å². The van der Waals surface area contributed by atoms with Gasteiger partial charge in [0, 0.05) is 31.0 Å². The SMILES string of the molecule is COc1ccc(COCC[C@@H](O[Si](C)(C)C(C)(C)C)[C@@H](C)C(=O)[C@@H](C)[C@H](O)[C@@H](C)CO[Si](C)(C)C(C)(C)C)cc1. The fraction of sp³-hybridized carbons (Fsp3) is 0.781. The molecule has 1 aromatic carbocycles. The van der Waals surface area contributed by atoms with Crippen LogP contribution in [0.5, 0.6) is 5.75 Å². The van der Waals surface area contributed by atoms with Crippen molar-refractivity contribution in [1.29, 1.82) is 0 Å². The lowest BCUT2D eigenvalue weighted by Crippen LogP contribution is -2.48. The molecule has 1 N–H and O–H groups in total. The van der Waals surface area contributed by atoms with Crippen LogP contribution >= 0.6 is 0 Å². The van der Waals surface area contributed by atoms with Gasteiger partial charge in [-0.25, -0.2) is 0 Å². The van der Waals surface area contributed by atoms with E-state index < -0.39 is 28.7 Å². The minimum absolute atomic E-state index is 0.0126. The summed E-state index contributed by atoms with van der Waals surface area (Å²) in [7, 11) is -2.43. The number of rotatable bonds is 16. The van der Waals surface area contributed by atoms with Gasteiger partial charge in [-0.2, -0.15) is 0 Å². The molecule has 232 valence electrons. The van der Waals surface area contributed by atoms with E-state index in [0.29, 0.717) is 26.2 Å². The summed E-state index contributed by atoms with van der Waals surface area (Å²) in [5.41, 5.74) is 1.07. The molecule has 0 saturated carbocycles. The van der Waals surface area contributed by atoms with E-state index in [0.717, 1.165) is 11.3 Å². The molecule has 0 radical (unpaired) electrons. The number of carbonyl (C=O) groups excluding carboxylic acids is 1. The van der Waals surface area contributed by atoms with Gasteiger partial charge in [0.25, 0.3) is 0 Å². The minimum atomic E-state index is -2.15. The Labute approximate surface area is 247 Å². The number of benzene rings is 1. The molecule has 40 heavy (non-hydrogen) atoms. The lowest BCUT2D eigenvalue weighted by atomic mass is 9.83. The van der Waals surface area contributed by atoms with E-state index in [1.54, 1.807) is 7.11 Å². The van der Waals surface area contributed by atoms with Crippen LogP contribution in [0.15, 0.2) is 24.3 Å². The summed E-state index contributed by atoms with van der Waals surface area (Å²) in [5.74, 6) is -0.176. The number of ketones is 1. The van der Waals surface area contributed by atoms with Gasteiger partial charge in [0.05, 0.1) is 25.9 Å². The van der Waals surface area contributed by atoms with Crippen LogP contribution in [0, 0.1) is 17.8 Å². The predicted molar refractivity (Wildman–Crippen MR) is 171 cm³/mol. The molecule has 1 aromatic rings. The highest BCUT2D eigenvalue weighted by molar-refractivity contribution is 6.74. The Bertz CT molecular complexity index is 901. The molecule has 0 aromatic heterocycles. The third kappa shape index (κ3) is 10.7. The number of hydrogen-bond donors (Lipinski definition) is 1. The van der Waals surface area contributed by atoms with Crippen LogP contribution in [-0.2, 0) is 25.0 Å². The second kappa shape index (κ2) is 14.9. The molecule has 0 bridgehead atoms. The number of aliphatic hydroxyl groups is 1. The molecule has 5 atom stereocenters. The molecule has 6 nitrogen and oxygen atoms in total. The van der Waals surface area contributed by atoms with Crippen LogP contribution in [0.25, 0.3) is 0 Å². The van der Waals surface area contributed by atoms with Crippen molar-refractivity contribution in [2.24, 2.45) is 17.8 Å². The van der Waals surface area contributed by atoms with Crippen molar-refractivity contribution in [1.82, 2.24) is 0 Å². The van der Waals surface area contributed by atoms with Crippen molar-refractivity contribution in [3.8, 4) is 5.75 Å². The quantitative estimate of drug-likeness (QED) is 0.155. The van der Waals surface area contributed by atoms with Gasteiger partial charge in [-0.15, -0.1) is 0 Å². The average molecular weight is 597 g/mol. The maximum Gasteiger partial charge on any atom is 0.192 e. The Morgan fingerprint density at radius 2 is 1.40 bits per heavy atom. The van der Waals surface area contributed by atoms with Crippen LogP contribution in [0.3, 0.4) is 0 Å². The molecule has 0 aliphatic rings. The first-order valence-corrected chi connectivity index (χ1v) is 20.7. The largest absolute Gasteiger partial charge is 0.497 e. The number of Topliss-reactive ketones (excluding diaryl/α,β-unsaturated/α-hetero) is 1. The van der Waals surface area contributed by atoms with Gasteiger partial charge in [-0.05, 0) is 60.4 Å². The fourth-order valence-corrected chi connectivity index (χ4v) is 6.54. The normalized spacial score (nSPS) is 17.2. The summed E-state index contributed by atoms with van der Waals surface area (Å²) >= 11 is 0. The molecule has 0 fully saturated rings. The van der Waals surface area contributed by atoms with Gasteiger partial charge in [-0.3, -0.25) is 4.79 Å². The first kappa shape index (κ1) is 37.0. The van der Waals surface area contributed by atoms with Crippen molar-refractivity contribution in [3.05, 3.63) is 29.8 Å². The summed E-state index contributed by atoms with van der Waals surface area (Å²) in [5, 5.41) is 11.3. The monoisotopic (exact) mass is 596 g/mol. The highest BCUT2D eigenvalue weighted by Gasteiger charge is 2.43. The van der Waals surface area contributed by atoms with Gasteiger partial charge >= 0.3 is 0 Å². The summed E-state index contributed by atoms with van der Waals surface area (Å²) < 4.78 is 24.4. The van der Waals surface area contributed by atoms with Crippen molar-refractivity contribution < 1.29 is 28.2 Å². The van der Waals surface area contributed by atoms with Crippen molar-refractivity contribution in [2.75, 3.05) is 20.3 Å². The maximum absolute atomic E-state index is 13.7. The number of hydrogen-bond acceptors (Lipinski definition) is 6. The molecule has 0 saturated heterocycles. The Morgan fingerprint density at radius 1 is 0.875 bits per heavy atom. The zero-order chi connectivity index (χ0) is 31.1. The molecule has 0 spiro atoms. The topological polar surface area (TPSA) is 74.2 Å². The first-order valence-electron chi connectivity index (χ1n) is 14.9. The lowest BCUT2D eigenvalue weighted by molar-refractivity contribution is -0.134. The predicted octanol–water partition coefficient (Wildman–Crippen LogP) is 7.85. The number of aliphatic hydroxyl groups excluding tert-OH is 1. The molecule has 0 aliphatic heterocycles. The Morgan fingerprint density at radius 3 is 1.88 bits per heavy atom. The van der Waals surface area contributed by atoms with E-state index in [9.17, 15) is 9.90 Å². The van der Waals surface area contributed by atoms with Crippen molar-refractivity contribution in [2.45, 2.75) is 124 Å². The van der Waals surface area contributed by atoms with Crippen LogP contribution in [-0.4, -0.2) is 60.1 Å². The van der Waals surface area contributed by atoms with Gasteiger partial charge in [-0.1, -0.05) is 74.4 Å². The Balaban J connectivity index is 2.92. The van der Waals surface area contributed by atoms with E-state index in [1.165, 1.54) is 0 Å². The van der Waals surface area contributed by atoms with Crippen molar-refractivity contribution >= 4 is 22.4 Å². The van der Waals surface area contributed by atoms with Gasteiger partial charge in [0.2, 0.25) is 0 Å². The zero-order valence-corrected chi connectivity index (χ0v) is 30.0.